The zero-order valence-electron chi connectivity index (χ0n) is 19.2. The summed E-state index contributed by atoms with van der Waals surface area (Å²) in [6, 6.07) is 7.41. The standard InChI is InChI=1S/C23H27F3N6O2/c1-22(6-7-22)34-15-4-5-17-16(12-15)20(28-27-17)18-13-19(21(33)30(2)29-18)32-9-3-8-31(10-11-32)14-23(24,25)26/h4-5,12-13H,3,6-11,14H2,1-2H3,(H,27,28). The molecule has 1 aromatic carbocycles. The second kappa shape index (κ2) is 8.30. The first-order chi connectivity index (χ1) is 16.1. The number of hydrogen-bond donors (Lipinski definition) is 1. The monoisotopic (exact) mass is 476 g/mol. The molecule has 182 valence electrons. The average Bonchev–Trinajstić information content (AvgIpc) is 3.41. The number of aromatic amines is 1. The van der Waals surface area contributed by atoms with Gasteiger partial charge >= 0.3 is 6.18 Å². The van der Waals surface area contributed by atoms with Gasteiger partial charge in [0.2, 0.25) is 0 Å². The van der Waals surface area contributed by atoms with E-state index in [9.17, 15) is 18.0 Å². The van der Waals surface area contributed by atoms with Crippen molar-refractivity contribution < 1.29 is 17.9 Å². The van der Waals surface area contributed by atoms with Crippen LogP contribution in [0.1, 0.15) is 26.2 Å². The van der Waals surface area contributed by atoms with Gasteiger partial charge in [-0.3, -0.25) is 14.8 Å². The summed E-state index contributed by atoms with van der Waals surface area (Å²) in [6.07, 6.45) is -1.67. The van der Waals surface area contributed by atoms with Crippen LogP contribution in [-0.2, 0) is 7.05 Å². The Morgan fingerprint density at radius 2 is 1.94 bits per heavy atom. The van der Waals surface area contributed by atoms with Crippen LogP contribution in [-0.4, -0.2) is 69.4 Å². The SMILES string of the molecule is Cn1nc(-c2n[nH]c3ccc(OC4(C)CC4)cc23)cc(N2CCCN(CC(F)(F)F)CC2)c1=O. The molecule has 0 radical (unpaired) electrons. The zero-order chi connectivity index (χ0) is 24.1. The highest BCUT2D eigenvalue weighted by Gasteiger charge is 2.40. The van der Waals surface area contributed by atoms with Gasteiger partial charge in [-0.15, -0.1) is 0 Å². The van der Waals surface area contributed by atoms with Gasteiger partial charge in [0.05, 0.1) is 12.1 Å². The number of nitrogens with zero attached hydrogens (tertiary/aromatic N) is 5. The number of aromatic nitrogens is 4. The molecule has 8 nitrogen and oxygen atoms in total. The van der Waals surface area contributed by atoms with E-state index in [1.54, 1.807) is 13.1 Å². The van der Waals surface area contributed by atoms with Crippen LogP contribution in [0.4, 0.5) is 18.9 Å². The van der Waals surface area contributed by atoms with E-state index in [4.69, 9.17) is 4.74 Å². The molecule has 2 fully saturated rings. The van der Waals surface area contributed by atoms with Gasteiger partial charge in [0, 0.05) is 38.6 Å². The molecule has 0 unspecified atom stereocenters. The summed E-state index contributed by atoms with van der Waals surface area (Å²) in [5, 5.41) is 12.7. The van der Waals surface area contributed by atoms with Gasteiger partial charge in [0.25, 0.3) is 5.56 Å². The number of rotatable bonds is 5. The molecule has 11 heteroatoms. The molecule has 1 saturated carbocycles. The van der Waals surface area contributed by atoms with Crippen LogP contribution in [0.2, 0.25) is 0 Å². The number of halogens is 3. The molecule has 1 N–H and O–H groups in total. The van der Waals surface area contributed by atoms with Gasteiger partial charge < -0.3 is 9.64 Å². The lowest BCUT2D eigenvalue weighted by atomic mass is 10.1. The van der Waals surface area contributed by atoms with Crippen molar-refractivity contribution in [3.8, 4) is 17.1 Å². The molecule has 2 aliphatic rings. The van der Waals surface area contributed by atoms with Crippen molar-refractivity contribution in [2.45, 2.75) is 38.0 Å². The topological polar surface area (TPSA) is 79.3 Å². The molecule has 34 heavy (non-hydrogen) atoms. The fourth-order valence-electron chi connectivity index (χ4n) is 4.37. The quantitative estimate of drug-likeness (QED) is 0.609. The Hall–Kier alpha value is -3.08. The Morgan fingerprint density at radius 3 is 2.68 bits per heavy atom. The summed E-state index contributed by atoms with van der Waals surface area (Å²) in [5.41, 5.74) is 1.92. The smallest absolute Gasteiger partial charge is 0.401 e. The predicted molar refractivity (Wildman–Crippen MR) is 122 cm³/mol. The highest BCUT2D eigenvalue weighted by molar-refractivity contribution is 5.93. The van der Waals surface area contributed by atoms with Crippen LogP contribution in [0.5, 0.6) is 5.75 Å². The summed E-state index contributed by atoms with van der Waals surface area (Å²) in [7, 11) is 1.57. The Kier molecular flexibility index (Phi) is 5.54. The van der Waals surface area contributed by atoms with E-state index < -0.39 is 12.7 Å². The summed E-state index contributed by atoms with van der Waals surface area (Å²) in [4.78, 5) is 16.1. The Balaban J connectivity index is 1.45. The molecule has 1 aliphatic carbocycles. The summed E-state index contributed by atoms with van der Waals surface area (Å²) >= 11 is 0. The van der Waals surface area contributed by atoms with Crippen molar-refractivity contribution in [3.63, 3.8) is 0 Å². The summed E-state index contributed by atoms with van der Waals surface area (Å²) in [5.74, 6) is 0.748. The molecule has 0 atom stereocenters. The summed E-state index contributed by atoms with van der Waals surface area (Å²) < 4.78 is 45.9. The Morgan fingerprint density at radius 1 is 1.15 bits per heavy atom. The number of H-pyrrole nitrogens is 1. The molecule has 1 saturated heterocycles. The first-order valence-corrected chi connectivity index (χ1v) is 11.4. The second-order valence-electron chi connectivity index (χ2n) is 9.41. The molecule has 2 aromatic heterocycles. The molecular weight excluding hydrogens is 449 g/mol. The lowest BCUT2D eigenvalue weighted by Crippen LogP contribution is -2.38. The molecule has 3 aromatic rings. The van der Waals surface area contributed by atoms with E-state index in [0.29, 0.717) is 43.1 Å². The van der Waals surface area contributed by atoms with Gasteiger partial charge in [-0.25, -0.2) is 4.68 Å². The fraction of sp³-hybridized carbons (Fsp3) is 0.522. The van der Waals surface area contributed by atoms with Crippen molar-refractivity contribution in [3.05, 3.63) is 34.6 Å². The number of ether oxygens (including phenoxy) is 1. The molecule has 5 rings (SSSR count). The molecule has 0 bridgehead atoms. The van der Waals surface area contributed by atoms with E-state index >= 15 is 0 Å². The maximum Gasteiger partial charge on any atom is 0.401 e. The highest BCUT2D eigenvalue weighted by atomic mass is 19.4. The number of benzene rings is 1. The van der Waals surface area contributed by atoms with Gasteiger partial charge in [-0.2, -0.15) is 23.4 Å². The number of alkyl halides is 3. The van der Waals surface area contributed by atoms with E-state index in [-0.39, 0.29) is 17.7 Å². The van der Waals surface area contributed by atoms with Gasteiger partial charge in [0.1, 0.15) is 28.4 Å². The van der Waals surface area contributed by atoms with E-state index in [1.807, 2.05) is 23.1 Å². The Labute approximate surface area is 194 Å². The first kappa shape index (κ1) is 22.7. The maximum atomic E-state index is 12.9. The normalized spacial score (nSPS) is 18.8. The number of nitrogens with one attached hydrogen (secondary N) is 1. The minimum Gasteiger partial charge on any atom is -0.488 e. The average molecular weight is 477 g/mol. The van der Waals surface area contributed by atoms with Crippen molar-refractivity contribution in [1.82, 2.24) is 24.9 Å². The Bertz CT molecular complexity index is 1260. The van der Waals surface area contributed by atoms with Crippen LogP contribution < -0.4 is 15.2 Å². The fourth-order valence-corrected chi connectivity index (χ4v) is 4.37. The van der Waals surface area contributed by atoms with Crippen molar-refractivity contribution in [2.75, 3.05) is 37.6 Å². The number of hydrogen-bond acceptors (Lipinski definition) is 6. The molecule has 0 amide bonds. The molecule has 1 aliphatic heterocycles. The van der Waals surface area contributed by atoms with Crippen molar-refractivity contribution in [1.29, 1.82) is 0 Å². The van der Waals surface area contributed by atoms with Crippen molar-refractivity contribution >= 4 is 16.6 Å². The number of anilines is 1. The van der Waals surface area contributed by atoms with Gasteiger partial charge in [0.15, 0.2) is 0 Å². The third-order valence-electron chi connectivity index (χ3n) is 6.47. The molecule has 0 spiro atoms. The van der Waals surface area contributed by atoms with Gasteiger partial charge in [-0.05, 0) is 50.5 Å². The van der Waals surface area contributed by atoms with E-state index in [0.717, 1.165) is 29.5 Å². The first-order valence-electron chi connectivity index (χ1n) is 11.4. The third-order valence-corrected chi connectivity index (χ3v) is 6.47. The summed E-state index contributed by atoms with van der Waals surface area (Å²) in [6.45, 7) is 2.51. The minimum atomic E-state index is -4.24. The van der Waals surface area contributed by atoms with Crippen LogP contribution in [0.15, 0.2) is 29.1 Å². The van der Waals surface area contributed by atoms with Crippen LogP contribution >= 0.6 is 0 Å². The molecule has 3 heterocycles. The van der Waals surface area contributed by atoms with E-state index in [1.165, 1.54) is 9.58 Å². The minimum absolute atomic E-state index is 0.119. The number of aryl methyl sites for hydroxylation is 1. The van der Waals surface area contributed by atoms with Crippen LogP contribution in [0.3, 0.4) is 0 Å². The number of fused-ring (bicyclic) bond motifs is 1. The molecular formula is C23H27F3N6O2. The van der Waals surface area contributed by atoms with Gasteiger partial charge in [-0.1, -0.05) is 0 Å². The second-order valence-corrected chi connectivity index (χ2v) is 9.41. The van der Waals surface area contributed by atoms with Crippen LogP contribution in [0.25, 0.3) is 22.3 Å². The third kappa shape index (κ3) is 4.75. The lowest BCUT2D eigenvalue weighted by Gasteiger charge is -2.24. The maximum absolute atomic E-state index is 12.9. The van der Waals surface area contributed by atoms with E-state index in [2.05, 4.69) is 22.2 Å². The van der Waals surface area contributed by atoms with Crippen LogP contribution in [0, 0.1) is 0 Å². The largest absolute Gasteiger partial charge is 0.488 e. The predicted octanol–water partition coefficient (Wildman–Crippen LogP) is 3.33. The zero-order valence-corrected chi connectivity index (χ0v) is 19.2. The lowest BCUT2D eigenvalue weighted by molar-refractivity contribution is -0.145. The van der Waals surface area contributed by atoms with Crippen molar-refractivity contribution in [2.24, 2.45) is 7.05 Å². The highest BCUT2D eigenvalue weighted by Crippen LogP contribution is 2.40.